The van der Waals surface area contributed by atoms with Crippen LogP contribution < -0.4 is 11.2 Å². The fourth-order valence-electron chi connectivity index (χ4n) is 2.32. The number of para-hydroxylation sites is 1. The zero-order chi connectivity index (χ0) is 19.4. The molecule has 3 N–H and O–H groups in total. The molecule has 2 aromatic carbocycles. The number of hydrogen-bond donors (Lipinski definition) is 2. The second-order valence-electron chi connectivity index (χ2n) is 5.87. The maximum absolute atomic E-state index is 13.0. The highest BCUT2D eigenvalue weighted by atomic mass is 32.2. The minimum atomic E-state index is -3.82. The van der Waals surface area contributed by atoms with Gasteiger partial charge in [0.15, 0.2) is 5.84 Å². The monoisotopic (exact) mass is 401 g/mol. The molecule has 0 saturated heterocycles. The van der Waals surface area contributed by atoms with Crippen molar-refractivity contribution in [3.63, 3.8) is 0 Å². The lowest BCUT2D eigenvalue weighted by molar-refractivity contribution is 0.559. The Morgan fingerprint density at radius 3 is 2.48 bits per heavy atom. The first-order valence-electron chi connectivity index (χ1n) is 8.01. The number of benzene rings is 2. The maximum Gasteiger partial charge on any atom is 0.211 e. The van der Waals surface area contributed by atoms with Gasteiger partial charge in [-0.05, 0) is 24.3 Å². The summed E-state index contributed by atoms with van der Waals surface area (Å²) in [6.45, 7) is 0. The van der Waals surface area contributed by atoms with Crippen LogP contribution >= 0.6 is 11.3 Å². The number of rotatable bonds is 6. The van der Waals surface area contributed by atoms with Crippen LogP contribution in [0.4, 0.5) is 5.13 Å². The van der Waals surface area contributed by atoms with Gasteiger partial charge in [0, 0.05) is 20.3 Å². The normalized spacial score (nSPS) is 13.0. The molecule has 0 amide bonds. The molecule has 7 nitrogen and oxygen atoms in total. The molecule has 0 fully saturated rings. The molecule has 9 heteroatoms. The quantitative estimate of drug-likeness (QED) is 0.374. The van der Waals surface area contributed by atoms with Crippen molar-refractivity contribution in [1.82, 2.24) is 9.88 Å². The van der Waals surface area contributed by atoms with Gasteiger partial charge in [-0.25, -0.2) is 13.4 Å². The molecule has 0 unspecified atom stereocenters. The summed E-state index contributed by atoms with van der Waals surface area (Å²) in [4.78, 5) is 6.06. The first kappa shape index (κ1) is 18.9. The summed E-state index contributed by atoms with van der Waals surface area (Å²) in [5, 5.41) is 4.58. The Balaban J connectivity index is 1.94. The van der Waals surface area contributed by atoms with E-state index in [1.165, 1.54) is 29.7 Å². The molecule has 0 aliphatic rings. The van der Waals surface area contributed by atoms with Crippen LogP contribution in [0.15, 0.2) is 75.7 Å². The summed E-state index contributed by atoms with van der Waals surface area (Å²) in [7, 11) is -0.384. The van der Waals surface area contributed by atoms with E-state index in [-0.39, 0.29) is 15.6 Å². The Labute approximate surface area is 161 Å². The lowest BCUT2D eigenvalue weighted by atomic mass is 10.3. The SMILES string of the molecule is CN(C)/C=C(/C(N)=N/Nc1nc2ccccc2s1)S(=O)(=O)c1ccccc1. The van der Waals surface area contributed by atoms with Crippen LogP contribution in [-0.4, -0.2) is 38.2 Å². The number of fused-ring (bicyclic) bond motifs is 1. The second kappa shape index (κ2) is 7.77. The van der Waals surface area contributed by atoms with Crippen molar-refractivity contribution in [1.29, 1.82) is 0 Å². The highest BCUT2D eigenvalue weighted by Gasteiger charge is 2.24. The molecule has 0 atom stereocenters. The van der Waals surface area contributed by atoms with Gasteiger partial charge in [-0.3, -0.25) is 5.43 Å². The topological polar surface area (TPSA) is 101 Å². The summed E-state index contributed by atoms with van der Waals surface area (Å²) < 4.78 is 26.9. The summed E-state index contributed by atoms with van der Waals surface area (Å²) in [5.74, 6) is -0.146. The highest BCUT2D eigenvalue weighted by Crippen LogP contribution is 2.25. The van der Waals surface area contributed by atoms with Crippen molar-refractivity contribution in [2.45, 2.75) is 4.90 Å². The molecule has 0 bridgehead atoms. The van der Waals surface area contributed by atoms with E-state index < -0.39 is 9.84 Å². The zero-order valence-corrected chi connectivity index (χ0v) is 16.5. The summed E-state index contributed by atoms with van der Waals surface area (Å²) in [6.07, 6.45) is 1.43. The number of sulfone groups is 1. The second-order valence-corrected chi connectivity index (χ2v) is 8.82. The number of anilines is 1. The molecule has 140 valence electrons. The lowest BCUT2D eigenvalue weighted by Crippen LogP contribution is -2.25. The maximum atomic E-state index is 13.0. The van der Waals surface area contributed by atoms with Crippen LogP contribution in [0.5, 0.6) is 0 Å². The van der Waals surface area contributed by atoms with Gasteiger partial charge in [-0.15, -0.1) is 0 Å². The van der Waals surface area contributed by atoms with E-state index in [4.69, 9.17) is 5.73 Å². The van der Waals surface area contributed by atoms with Gasteiger partial charge in [0.25, 0.3) is 0 Å². The number of thiazole rings is 1. The van der Waals surface area contributed by atoms with Gasteiger partial charge in [-0.1, -0.05) is 41.7 Å². The first-order valence-corrected chi connectivity index (χ1v) is 10.3. The van der Waals surface area contributed by atoms with Crippen LogP contribution in [0.25, 0.3) is 10.2 Å². The van der Waals surface area contributed by atoms with Gasteiger partial charge in [0.2, 0.25) is 15.0 Å². The molecule has 3 rings (SSSR count). The molecular weight excluding hydrogens is 382 g/mol. The standard InChI is InChI=1S/C18H19N5O2S2/c1-23(2)12-16(27(24,25)13-8-4-3-5-9-13)17(19)21-22-18-20-14-10-6-7-11-15(14)26-18/h3-12H,1-2H3,(H2,19,21)(H,20,22)/b16-12-. The molecule has 0 radical (unpaired) electrons. The number of hydrazone groups is 1. The van der Waals surface area contributed by atoms with E-state index in [1.807, 2.05) is 24.3 Å². The van der Waals surface area contributed by atoms with E-state index in [0.717, 1.165) is 10.2 Å². The smallest absolute Gasteiger partial charge is 0.211 e. The predicted octanol–water partition coefficient (Wildman–Crippen LogP) is 2.86. The average Bonchev–Trinajstić information content (AvgIpc) is 3.07. The molecule has 1 heterocycles. The number of hydrogen-bond acceptors (Lipinski definition) is 7. The Hall–Kier alpha value is -2.91. The van der Waals surface area contributed by atoms with Crippen LogP contribution in [0.2, 0.25) is 0 Å². The zero-order valence-electron chi connectivity index (χ0n) is 14.8. The minimum Gasteiger partial charge on any atom is -0.382 e. The number of amidine groups is 1. The summed E-state index contributed by atoms with van der Waals surface area (Å²) in [6, 6.07) is 15.8. The number of nitrogens with one attached hydrogen (secondary N) is 1. The Bertz CT molecular complexity index is 1070. The van der Waals surface area contributed by atoms with E-state index in [9.17, 15) is 8.42 Å². The average molecular weight is 402 g/mol. The molecular formula is C18H19N5O2S2. The number of nitrogens with two attached hydrogens (primary N) is 1. The molecule has 0 spiro atoms. The fourth-order valence-corrected chi connectivity index (χ4v) is 4.57. The Morgan fingerprint density at radius 2 is 1.81 bits per heavy atom. The van der Waals surface area contributed by atoms with E-state index in [2.05, 4.69) is 15.5 Å². The van der Waals surface area contributed by atoms with Crippen molar-refractivity contribution in [2.24, 2.45) is 10.8 Å². The third-order valence-corrected chi connectivity index (χ3v) is 6.26. The van der Waals surface area contributed by atoms with E-state index in [1.54, 1.807) is 37.2 Å². The van der Waals surface area contributed by atoms with Crippen molar-refractivity contribution in [3.8, 4) is 0 Å². The van der Waals surface area contributed by atoms with Crippen LogP contribution in [-0.2, 0) is 9.84 Å². The molecule has 3 aromatic rings. The van der Waals surface area contributed by atoms with Crippen molar-refractivity contribution in [3.05, 3.63) is 65.7 Å². The highest BCUT2D eigenvalue weighted by molar-refractivity contribution is 7.96. The van der Waals surface area contributed by atoms with Gasteiger partial charge < -0.3 is 10.6 Å². The van der Waals surface area contributed by atoms with Crippen LogP contribution in [0.1, 0.15) is 0 Å². The fraction of sp³-hybridized carbons (Fsp3) is 0.111. The third kappa shape index (κ3) is 4.26. The first-order chi connectivity index (χ1) is 12.9. The third-order valence-electron chi connectivity index (χ3n) is 3.54. The molecule has 0 aliphatic heterocycles. The van der Waals surface area contributed by atoms with Crippen molar-refractivity contribution < 1.29 is 8.42 Å². The molecule has 0 saturated carbocycles. The number of aromatic nitrogens is 1. The lowest BCUT2D eigenvalue weighted by Gasteiger charge is -2.12. The van der Waals surface area contributed by atoms with Gasteiger partial charge in [-0.2, -0.15) is 5.10 Å². The Morgan fingerprint density at radius 1 is 1.15 bits per heavy atom. The largest absolute Gasteiger partial charge is 0.382 e. The predicted molar refractivity (Wildman–Crippen MR) is 110 cm³/mol. The van der Waals surface area contributed by atoms with E-state index in [0.29, 0.717) is 5.13 Å². The minimum absolute atomic E-state index is 0.0905. The summed E-state index contributed by atoms with van der Waals surface area (Å²) in [5.41, 5.74) is 9.61. The molecule has 1 aromatic heterocycles. The molecule has 0 aliphatic carbocycles. The van der Waals surface area contributed by atoms with Gasteiger partial charge in [0.05, 0.1) is 15.1 Å². The summed E-state index contributed by atoms with van der Waals surface area (Å²) >= 11 is 1.40. The van der Waals surface area contributed by atoms with Crippen molar-refractivity contribution in [2.75, 3.05) is 19.5 Å². The van der Waals surface area contributed by atoms with E-state index >= 15 is 0 Å². The van der Waals surface area contributed by atoms with Crippen LogP contribution in [0.3, 0.4) is 0 Å². The number of nitrogens with zero attached hydrogens (tertiary/aromatic N) is 3. The van der Waals surface area contributed by atoms with Gasteiger partial charge >= 0.3 is 0 Å². The van der Waals surface area contributed by atoms with Crippen LogP contribution in [0, 0.1) is 0 Å². The molecule has 27 heavy (non-hydrogen) atoms. The van der Waals surface area contributed by atoms with Gasteiger partial charge in [0.1, 0.15) is 4.91 Å². The Kier molecular flexibility index (Phi) is 5.43. The van der Waals surface area contributed by atoms with Crippen molar-refractivity contribution >= 4 is 42.4 Å².